The van der Waals surface area contributed by atoms with E-state index in [4.69, 9.17) is 14.2 Å². The average molecular weight is 1100 g/mol. The molecule has 458 valence electrons. The number of unbranched alkanes of at least 4 members (excludes halogenated alkanes) is 48. The van der Waals surface area contributed by atoms with Crippen molar-refractivity contribution in [1.29, 1.82) is 0 Å². The lowest BCUT2D eigenvalue weighted by Crippen LogP contribution is -2.30. The average Bonchev–Trinajstić information content (AvgIpc) is 3.44. The fourth-order valence-electron chi connectivity index (χ4n) is 10.6. The van der Waals surface area contributed by atoms with Crippen LogP contribution in [-0.4, -0.2) is 37.2 Å². The van der Waals surface area contributed by atoms with Crippen LogP contribution in [0.25, 0.3) is 0 Å². The largest absolute Gasteiger partial charge is 0.462 e. The molecule has 0 saturated heterocycles. The van der Waals surface area contributed by atoms with Gasteiger partial charge < -0.3 is 14.2 Å². The van der Waals surface area contributed by atoms with Gasteiger partial charge in [-0.15, -0.1) is 0 Å². The summed E-state index contributed by atoms with van der Waals surface area (Å²) in [6.45, 7) is 6.67. The van der Waals surface area contributed by atoms with Crippen LogP contribution >= 0.6 is 0 Å². The SMILES string of the molecule is CCCCC/C=C\CCCCCCCC(=O)OCC(COC(=O)CCCCCCCCCCCCCCCCCCCCC/C=C\C/C=C\CCCCCCC)OC(=O)CCCCCCCCCCCCCCCCCCC. The van der Waals surface area contributed by atoms with E-state index < -0.39 is 6.10 Å². The van der Waals surface area contributed by atoms with E-state index in [0.717, 1.165) is 70.6 Å². The first-order valence-corrected chi connectivity index (χ1v) is 35.0. The van der Waals surface area contributed by atoms with Gasteiger partial charge in [-0.3, -0.25) is 14.4 Å². The Bertz CT molecular complexity index is 1300. The number of hydrogen-bond acceptors (Lipinski definition) is 6. The Morgan fingerprint density at radius 3 is 0.744 bits per heavy atom. The zero-order valence-corrected chi connectivity index (χ0v) is 52.7. The minimum absolute atomic E-state index is 0.0687. The molecule has 1 unspecified atom stereocenters. The molecule has 0 N–H and O–H groups in total. The topological polar surface area (TPSA) is 78.9 Å². The molecular weight excluding hydrogens is 961 g/mol. The smallest absolute Gasteiger partial charge is 0.306 e. The highest BCUT2D eigenvalue weighted by molar-refractivity contribution is 5.71. The summed E-state index contributed by atoms with van der Waals surface area (Å²) in [6.07, 6.45) is 83.2. The van der Waals surface area contributed by atoms with Crippen molar-refractivity contribution in [2.45, 2.75) is 393 Å². The van der Waals surface area contributed by atoms with Gasteiger partial charge >= 0.3 is 17.9 Å². The third-order valence-electron chi connectivity index (χ3n) is 15.9. The second-order valence-corrected chi connectivity index (χ2v) is 23.8. The lowest BCUT2D eigenvalue weighted by atomic mass is 10.0. The molecule has 6 nitrogen and oxygen atoms in total. The summed E-state index contributed by atoms with van der Waals surface area (Å²) in [5.41, 5.74) is 0. The zero-order chi connectivity index (χ0) is 56.4. The quantitative estimate of drug-likeness (QED) is 0.0261. The van der Waals surface area contributed by atoms with Gasteiger partial charge in [0.05, 0.1) is 0 Å². The lowest BCUT2D eigenvalue weighted by Gasteiger charge is -2.18. The van der Waals surface area contributed by atoms with E-state index in [0.29, 0.717) is 19.3 Å². The van der Waals surface area contributed by atoms with Crippen LogP contribution in [0.15, 0.2) is 36.5 Å². The van der Waals surface area contributed by atoms with Gasteiger partial charge in [0, 0.05) is 19.3 Å². The van der Waals surface area contributed by atoms with Crippen LogP contribution in [0.1, 0.15) is 387 Å². The van der Waals surface area contributed by atoms with E-state index in [1.165, 1.54) is 276 Å². The van der Waals surface area contributed by atoms with Crippen LogP contribution in [0.5, 0.6) is 0 Å². The van der Waals surface area contributed by atoms with E-state index >= 15 is 0 Å². The molecule has 0 heterocycles. The predicted molar refractivity (Wildman–Crippen MR) is 339 cm³/mol. The lowest BCUT2D eigenvalue weighted by molar-refractivity contribution is -0.167. The van der Waals surface area contributed by atoms with Crippen LogP contribution in [0.3, 0.4) is 0 Å². The Morgan fingerprint density at radius 1 is 0.256 bits per heavy atom. The van der Waals surface area contributed by atoms with Crippen molar-refractivity contribution in [3.05, 3.63) is 36.5 Å². The van der Waals surface area contributed by atoms with Crippen LogP contribution in [0.2, 0.25) is 0 Å². The molecule has 1 atom stereocenters. The van der Waals surface area contributed by atoms with Crippen molar-refractivity contribution in [1.82, 2.24) is 0 Å². The van der Waals surface area contributed by atoms with Crippen LogP contribution in [-0.2, 0) is 28.6 Å². The van der Waals surface area contributed by atoms with Crippen LogP contribution < -0.4 is 0 Å². The third-order valence-corrected chi connectivity index (χ3v) is 15.9. The normalized spacial score (nSPS) is 12.2. The minimum Gasteiger partial charge on any atom is -0.462 e. The molecule has 0 aromatic rings. The van der Waals surface area contributed by atoms with E-state index in [-0.39, 0.29) is 31.1 Å². The van der Waals surface area contributed by atoms with Gasteiger partial charge in [0.1, 0.15) is 13.2 Å². The maximum Gasteiger partial charge on any atom is 0.306 e. The van der Waals surface area contributed by atoms with Crippen LogP contribution in [0, 0.1) is 0 Å². The Kier molecular flexibility index (Phi) is 65.1. The van der Waals surface area contributed by atoms with E-state index in [2.05, 4.69) is 57.2 Å². The van der Waals surface area contributed by atoms with Gasteiger partial charge in [-0.05, 0) is 77.0 Å². The highest BCUT2D eigenvalue weighted by atomic mass is 16.6. The highest BCUT2D eigenvalue weighted by Gasteiger charge is 2.19. The minimum atomic E-state index is -0.772. The summed E-state index contributed by atoms with van der Waals surface area (Å²) in [6, 6.07) is 0. The van der Waals surface area contributed by atoms with Gasteiger partial charge in [0.2, 0.25) is 0 Å². The van der Waals surface area contributed by atoms with Crippen molar-refractivity contribution in [3.63, 3.8) is 0 Å². The fourth-order valence-corrected chi connectivity index (χ4v) is 10.6. The van der Waals surface area contributed by atoms with Gasteiger partial charge in [0.25, 0.3) is 0 Å². The van der Waals surface area contributed by atoms with Crippen molar-refractivity contribution in [2.75, 3.05) is 13.2 Å². The number of rotatable bonds is 65. The van der Waals surface area contributed by atoms with Gasteiger partial charge in [0.15, 0.2) is 6.10 Å². The molecule has 0 fully saturated rings. The summed E-state index contributed by atoms with van der Waals surface area (Å²) < 4.78 is 17.0. The molecule has 0 radical (unpaired) electrons. The Hall–Kier alpha value is -2.37. The first-order valence-electron chi connectivity index (χ1n) is 35.0. The van der Waals surface area contributed by atoms with Gasteiger partial charge in [-0.2, -0.15) is 0 Å². The molecule has 0 aliphatic heterocycles. The first-order chi connectivity index (χ1) is 38.5. The van der Waals surface area contributed by atoms with E-state index in [1.54, 1.807) is 0 Å². The van der Waals surface area contributed by atoms with Crippen molar-refractivity contribution in [2.24, 2.45) is 0 Å². The molecule has 0 aromatic heterocycles. The summed E-state index contributed by atoms with van der Waals surface area (Å²) in [4.78, 5) is 38.3. The second-order valence-electron chi connectivity index (χ2n) is 23.8. The molecule has 0 bridgehead atoms. The molecule has 0 rings (SSSR count). The van der Waals surface area contributed by atoms with Crippen LogP contribution in [0.4, 0.5) is 0 Å². The molecule has 78 heavy (non-hydrogen) atoms. The number of esters is 3. The maximum absolute atomic E-state index is 12.9. The maximum atomic E-state index is 12.9. The van der Waals surface area contributed by atoms with Crippen molar-refractivity contribution >= 4 is 17.9 Å². The van der Waals surface area contributed by atoms with Crippen molar-refractivity contribution < 1.29 is 28.6 Å². The summed E-state index contributed by atoms with van der Waals surface area (Å²) in [5, 5.41) is 0. The fraction of sp³-hybridized carbons (Fsp3) is 0.875. The second kappa shape index (κ2) is 67.1. The summed E-state index contributed by atoms with van der Waals surface area (Å²) in [5.74, 6) is -0.850. The number of carbonyl (C=O) groups excluding carboxylic acids is 3. The van der Waals surface area contributed by atoms with E-state index in [9.17, 15) is 14.4 Å². The number of allylic oxidation sites excluding steroid dienone is 6. The summed E-state index contributed by atoms with van der Waals surface area (Å²) >= 11 is 0. The Morgan fingerprint density at radius 2 is 0.462 bits per heavy atom. The molecule has 0 aliphatic carbocycles. The van der Waals surface area contributed by atoms with Gasteiger partial charge in [-0.1, -0.05) is 327 Å². The Labute approximate surface area is 486 Å². The molecular formula is C72H134O6. The molecule has 0 aliphatic rings. The highest BCUT2D eigenvalue weighted by Crippen LogP contribution is 2.18. The monoisotopic (exact) mass is 1100 g/mol. The summed E-state index contributed by atoms with van der Waals surface area (Å²) in [7, 11) is 0. The molecule has 6 heteroatoms. The number of hydrogen-bond donors (Lipinski definition) is 0. The zero-order valence-electron chi connectivity index (χ0n) is 52.7. The number of carbonyl (C=O) groups is 3. The standard InChI is InChI=1S/C72H134O6/c1-4-7-10-13-16-19-22-25-27-29-30-31-32-33-34-35-36-37-38-39-40-41-42-44-45-47-50-53-56-59-62-65-71(74)77-68-69(67-76-70(73)64-61-58-55-52-49-24-21-18-15-12-9-6-3)78-72(75)66-63-60-57-54-51-48-46-43-28-26-23-20-17-14-11-8-5-2/h18,21-22,25,29-30,69H,4-17,19-20,23-24,26-28,31-68H2,1-3H3/b21-18-,25-22-,30-29-. The Balaban J connectivity index is 4.12. The van der Waals surface area contributed by atoms with Crippen molar-refractivity contribution in [3.8, 4) is 0 Å². The number of ether oxygens (including phenoxy) is 3. The first kappa shape index (κ1) is 75.6. The molecule has 0 saturated carbocycles. The van der Waals surface area contributed by atoms with Gasteiger partial charge in [-0.25, -0.2) is 0 Å². The molecule has 0 aromatic carbocycles. The predicted octanol–water partition coefficient (Wildman–Crippen LogP) is 23.9. The molecule has 0 spiro atoms. The van der Waals surface area contributed by atoms with E-state index in [1.807, 2.05) is 0 Å². The third kappa shape index (κ3) is 64.5. The molecule has 0 amide bonds.